The normalized spacial score (nSPS) is 9.87. The lowest BCUT2D eigenvalue weighted by Gasteiger charge is -2.05. The van der Waals surface area contributed by atoms with Crippen molar-refractivity contribution in [2.45, 2.75) is 13.8 Å². The summed E-state index contributed by atoms with van der Waals surface area (Å²) in [7, 11) is 1.50. The molecule has 13 heteroatoms. The van der Waals surface area contributed by atoms with Crippen LogP contribution in [-0.4, -0.2) is 28.3 Å². The number of rotatable bonds is 7. The van der Waals surface area contributed by atoms with Crippen molar-refractivity contribution in [1.82, 2.24) is 5.64 Å². The van der Waals surface area contributed by atoms with Crippen molar-refractivity contribution in [1.29, 1.82) is 0 Å². The summed E-state index contributed by atoms with van der Waals surface area (Å²) in [5.41, 5.74) is 3.29. The number of Topliss-reactive ketones (excluding diaryl/α,β-unsaturated/α-hetero) is 1. The van der Waals surface area contributed by atoms with Crippen LogP contribution in [0.15, 0.2) is 42.2 Å². The molecule has 13 nitrogen and oxygen atoms in total. The molecule has 0 saturated heterocycles. The lowest BCUT2D eigenvalue weighted by Crippen LogP contribution is -2.13. The largest absolute Gasteiger partial charge is 0.496 e. The number of methoxy groups -OCH3 is 1. The van der Waals surface area contributed by atoms with E-state index < -0.39 is 4.92 Å². The molecule has 0 spiro atoms. The van der Waals surface area contributed by atoms with E-state index in [0.29, 0.717) is 22.6 Å². The number of nitro groups is 1. The molecule has 2 aromatic rings. The van der Waals surface area contributed by atoms with E-state index >= 15 is 0 Å². The second-order valence-corrected chi connectivity index (χ2v) is 7.55. The third kappa shape index (κ3) is 15.4. The molecule has 0 fully saturated rings. The number of non-ortho nitro benzene ring substituents is 1. The predicted molar refractivity (Wildman–Crippen MR) is 174 cm³/mol. The van der Waals surface area contributed by atoms with Gasteiger partial charge in [-0.15, -0.1) is 6.42 Å². The van der Waals surface area contributed by atoms with E-state index in [9.17, 15) is 14.9 Å². The second-order valence-electron chi connectivity index (χ2n) is 7.55. The molecule has 0 aliphatic carbocycles. The third-order valence-corrected chi connectivity index (χ3v) is 4.59. The van der Waals surface area contributed by atoms with Crippen molar-refractivity contribution in [2.75, 3.05) is 7.11 Å². The lowest BCUT2D eigenvalue weighted by atomic mass is 10.1. The minimum absolute atomic E-state index is 0. The number of hydrogen-bond donors (Lipinski definition) is 3. The van der Waals surface area contributed by atoms with E-state index in [1.165, 1.54) is 24.9 Å². The van der Waals surface area contributed by atoms with Crippen LogP contribution in [0.2, 0.25) is 0 Å². The number of hydrogen-bond acceptors (Lipinski definition) is 12. The van der Waals surface area contributed by atoms with E-state index in [2.05, 4.69) is 109 Å². The van der Waals surface area contributed by atoms with E-state index in [1.807, 2.05) is 6.92 Å². The van der Waals surface area contributed by atoms with Gasteiger partial charge in [0.2, 0.25) is 5.78 Å². The summed E-state index contributed by atoms with van der Waals surface area (Å²) < 4.78 is 10.9. The highest BCUT2D eigenvalue weighted by atomic mass is 17.6. The Bertz CT molecular complexity index is 1980. The minimum Gasteiger partial charge on any atom is -0.496 e. The Morgan fingerprint density at radius 2 is 1.40 bits per heavy atom. The maximum Gasteiger partial charge on any atom is 0.269 e. The van der Waals surface area contributed by atoms with Crippen molar-refractivity contribution >= 4 is 17.5 Å². The zero-order chi connectivity index (χ0) is 34.7. The number of ketones is 1. The average molecular weight is 641 g/mol. The number of carbonyl (C=O) groups excluding carboxylic acids is 1. The van der Waals surface area contributed by atoms with E-state index in [1.54, 1.807) is 37.3 Å². The predicted octanol–water partition coefficient (Wildman–Crippen LogP) is 4.42. The topological polar surface area (TPSA) is 168 Å². The Balaban J connectivity index is -0.000000352. The van der Waals surface area contributed by atoms with Gasteiger partial charge in [0.1, 0.15) is 17.1 Å². The van der Waals surface area contributed by atoms with Crippen molar-refractivity contribution in [3.63, 3.8) is 0 Å². The zero-order valence-electron chi connectivity index (χ0n) is 24.6. The number of nitrogens with zero attached hydrogens (tertiary/aromatic N) is 1. The molecular weight excluding hydrogens is 612 g/mol. The molecule has 0 amide bonds. The van der Waals surface area contributed by atoms with Gasteiger partial charge in [0, 0.05) is 17.8 Å². The fourth-order valence-corrected chi connectivity index (χ4v) is 2.90. The molecule has 1 aliphatic heterocycles. The summed E-state index contributed by atoms with van der Waals surface area (Å²) in [5, 5.41) is 31.1. The fraction of sp³-hybridized carbons (Fsp3) is 0.0882. The standard InChI is InChI=1S/C17H13NO5.C17H4.H3NO6.4H2/c1-10-7-13(22-2)16-14(8-10)23-15(17(16)19)9-11-3-5-12(6-4-11)18(20)21;1-3-5-7-9-11-13-15-17-16-14-12-10-8-6-4-2;2-6-4-1-5-7-3;;;;/h3-9H,1-2H3;1H,2H3;1-3H;4*1H/b15-9-;;;;;;. The first-order chi connectivity index (χ1) is 22.8. The van der Waals surface area contributed by atoms with Crippen LogP contribution in [0.3, 0.4) is 0 Å². The number of terminal acetylenes is 1. The maximum atomic E-state index is 12.5. The van der Waals surface area contributed by atoms with Crippen LogP contribution < -0.4 is 15.1 Å². The number of benzene rings is 2. The highest BCUT2D eigenvalue weighted by Gasteiger charge is 2.31. The smallest absolute Gasteiger partial charge is 0.269 e. The molecular formula is C34H28N2O11. The molecule has 0 unspecified atom stereocenters. The van der Waals surface area contributed by atoms with Gasteiger partial charge in [0.05, 0.1) is 12.0 Å². The van der Waals surface area contributed by atoms with Crippen LogP contribution in [0.4, 0.5) is 5.69 Å². The molecule has 3 rings (SSSR count). The number of nitro benzene ring substituents is 1. The summed E-state index contributed by atoms with van der Waals surface area (Å²) in [4.78, 5) is 29.4. The molecule has 0 saturated carbocycles. The molecule has 2 aromatic carbocycles. The van der Waals surface area contributed by atoms with Gasteiger partial charge < -0.3 is 9.47 Å². The zero-order valence-corrected chi connectivity index (χ0v) is 24.6. The summed E-state index contributed by atoms with van der Waals surface area (Å²) in [5.74, 6) is 37.7. The third-order valence-electron chi connectivity index (χ3n) is 4.59. The van der Waals surface area contributed by atoms with Crippen LogP contribution in [-0.2, 0) is 20.1 Å². The number of ether oxygens (including phenoxy) is 2. The molecule has 1 heterocycles. The second kappa shape index (κ2) is 23.5. The molecule has 3 N–H and O–H groups in total. The van der Waals surface area contributed by atoms with Crippen LogP contribution in [0.1, 0.15) is 34.1 Å². The number of fused-ring (bicyclic) bond motifs is 1. The first-order valence-corrected chi connectivity index (χ1v) is 12.3. The van der Waals surface area contributed by atoms with Crippen molar-refractivity contribution in [2.24, 2.45) is 0 Å². The number of carbonyl (C=O) groups is 1. The summed E-state index contributed by atoms with van der Waals surface area (Å²) in [6.07, 6.45) is 6.44. The quantitative estimate of drug-likeness (QED) is 0.0975. The lowest BCUT2D eigenvalue weighted by molar-refractivity contribution is -0.619. The Morgan fingerprint density at radius 1 is 0.894 bits per heavy atom. The molecule has 0 aromatic heterocycles. The molecule has 240 valence electrons. The van der Waals surface area contributed by atoms with Gasteiger partial charge in [0.25, 0.3) is 5.69 Å². The highest BCUT2D eigenvalue weighted by molar-refractivity contribution is 6.16. The first-order valence-electron chi connectivity index (χ1n) is 12.3. The van der Waals surface area contributed by atoms with Crippen molar-refractivity contribution in [3.05, 3.63) is 69.0 Å². The van der Waals surface area contributed by atoms with Crippen molar-refractivity contribution in [3.8, 4) is 107 Å². The fourth-order valence-electron chi connectivity index (χ4n) is 2.90. The number of nitrogens with one attached hydrogen (secondary N) is 1. The SMILES string of the molecule is C#CC#CC#CC#CC#CC#CC#CC#CC.COc1cc(C)cc2c1C(=O)/C(=C/c1ccc([N+](=O)[O-])cc1)O2.OOONOOO.[HH].[HH].[HH].[HH]. The maximum absolute atomic E-state index is 12.5. The van der Waals surface area contributed by atoms with Gasteiger partial charge in [-0.05, 0) is 154 Å². The molecule has 0 radical (unpaired) electrons. The van der Waals surface area contributed by atoms with Crippen LogP contribution >= 0.6 is 0 Å². The van der Waals surface area contributed by atoms with Gasteiger partial charge in [-0.1, -0.05) is 15.9 Å². The summed E-state index contributed by atoms with van der Waals surface area (Å²) in [6, 6.07) is 9.43. The van der Waals surface area contributed by atoms with Crippen molar-refractivity contribution < 1.29 is 55.5 Å². The molecule has 47 heavy (non-hydrogen) atoms. The highest BCUT2D eigenvalue weighted by Crippen LogP contribution is 2.39. The van der Waals surface area contributed by atoms with Crippen LogP contribution in [0, 0.1) is 112 Å². The van der Waals surface area contributed by atoms with Gasteiger partial charge in [-0.2, -0.15) is 0 Å². The number of allylic oxidation sites excluding steroid dienone is 1. The van der Waals surface area contributed by atoms with Crippen LogP contribution in [0.5, 0.6) is 11.5 Å². The molecule has 0 bridgehead atoms. The monoisotopic (exact) mass is 640 g/mol. The average Bonchev–Trinajstić information content (AvgIpc) is 3.38. The van der Waals surface area contributed by atoms with Gasteiger partial charge in [-0.25, -0.2) is 10.5 Å². The summed E-state index contributed by atoms with van der Waals surface area (Å²) >= 11 is 0. The Labute approximate surface area is 275 Å². The molecule has 1 aliphatic rings. The first kappa shape index (κ1) is 38.1. The molecule has 0 atom stereocenters. The number of aryl methyl sites for hydroxylation is 1. The van der Waals surface area contributed by atoms with Gasteiger partial charge in [-0.3, -0.25) is 14.9 Å². The van der Waals surface area contributed by atoms with E-state index in [4.69, 9.17) is 26.4 Å². The Morgan fingerprint density at radius 3 is 1.85 bits per heavy atom. The van der Waals surface area contributed by atoms with Crippen LogP contribution in [0.25, 0.3) is 6.08 Å². The Kier molecular flexibility index (Phi) is 19.0. The minimum atomic E-state index is -0.475. The summed E-state index contributed by atoms with van der Waals surface area (Å²) in [6.45, 7) is 3.58. The van der Waals surface area contributed by atoms with E-state index in [0.717, 1.165) is 5.56 Å². The van der Waals surface area contributed by atoms with Gasteiger partial charge >= 0.3 is 0 Å². The van der Waals surface area contributed by atoms with E-state index in [-0.39, 0.29) is 22.9 Å². The van der Waals surface area contributed by atoms with Gasteiger partial charge in [0.15, 0.2) is 5.76 Å². The Hall–Kier alpha value is -6.95.